The van der Waals surface area contributed by atoms with Gasteiger partial charge in [-0.1, -0.05) is 6.92 Å². The number of carbonyl (C=O) groups is 2. The first-order valence-electron chi connectivity index (χ1n) is 5.03. The average Bonchev–Trinajstić information content (AvgIpc) is 2.25. The number of hydrogen-bond donors (Lipinski definition) is 3. The summed E-state index contributed by atoms with van der Waals surface area (Å²) in [5, 5.41) is 0. The molecule has 0 heterocycles. The van der Waals surface area contributed by atoms with Crippen molar-refractivity contribution in [2.45, 2.75) is 6.92 Å². The van der Waals surface area contributed by atoms with Gasteiger partial charge in [0.15, 0.2) is 0 Å². The molecule has 92 valence electrons. The molecule has 0 aliphatic heterocycles. The molecule has 0 aliphatic rings. The van der Waals surface area contributed by atoms with Gasteiger partial charge >= 0.3 is 5.97 Å². The SMILES string of the molecule is CC(COC(=O)c1ccc(N)cc1N)C(N)=O. The third-order valence-electron chi connectivity index (χ3n) is 2.25. The van der Waals surface area contributed by atoms with Gasteiger partial charge in [-0.2, -0.15) is 0 Å². The number of carbonyl (C=O) groups excluding carboxylic acids is 2. The number of nitrogens with two attached hydrogens (primary N) is 3. The zero-order valence-corrected chi connectivity index (χ0v) is 9.47. The minimum atomic E-state index is -0.601. The molecule has 0 spiro atoms. The smallest absolute Gasteiger partial charge is 0.340 e. The van der Waals surface area contributed by atoms with Crippen molar-refractivity contribution >= 4 is 23.3 Å². The molecule has 0 saturated heterocycles. The molecule has 6 heteroatoms. The van der Waals surface area contributed by atoms with Crippen LogP contribution in [0.5, 0.6) is 0 Å². The standard InChI is InChI=1S/C11H15N3O3/c1-6(10(14)15)5-17-11(16)8-3-2-7(12)4-9(8)13/h2-4,6H,5,12-13H2,1H3,(H2,14,15). The summed E-state index contributed by atoms with van der Waals surface area (Å²) in [6.07, 6.45) is 0. The van der Waals surface area contributed by atoms with Crippen LogP contribution in [0, 0.1) is 5.92 Å². The van der Waals surface area contributed by atoms with E-state index in [0.717, 1.165) is 0 Å². The first-order valence-corrected chi connectivity index (χ1v) is 5.03. The molecule has 0 radical (unpaired) electrons. The van der Waals surface area contributed by atoms with Crippen LogP contribution in [0.1, 0.15) is 17.3 Å². The van der Waals surface area contributed by atoms with Gasteiger partial charge < -0.3 is 21.9 Å². The zero-order chi connectivity index (χ0) is 13.0. The lowest BCUT2D eigenvalue weighted by Gasteiger charge is -2.10. The predicted molar refractivity (Wildman–Crippen MR) is 63.9 cm³/mol. The molecule has 0 saturated carbocycles. The summed E-state index contributed by atoms with van der Waals surface area (Å²) < 4.78 is 4.91. The monoisotopic (exact) mass is 237 g/mol. The molecular formula is C11H15N3O3. The summed E-state index contributed by atoms with van der Waals surface area (Å²) in [5.41, 5.74) is 17.1. The maximum absolute atomic E-state index is 11.6. The summed E-state index contributed by atoms with van der Waals surface area (Å²) in [4.78, 5) is 22.4. The quantitative estimate of drug-likeness (QED) is 0.507. The van der Waals surface area contributed by atoms with Gasteiger partial charge in [0, 0.05) is 11.4 Å². The van der Waals surface area contributed by atoms with Crippen LogP contribution < -0.4 is 17.2 Å². The molecule has 0 bridgehead atoms. The highest BCUT2D eigenvalue weighted by Crippen LogP contribution is 2.16. The van der Waals surface area contributed by atoms with Crippen LogP contribution in [-0.4, -0.2) is 18.5 Å². The second kappa shape index (κ2) is 5.20. The van der Waals surface area contributed by atoms with Crippen LogP contribution >= 0.6 is 0 Å². The summed E-state index contributed by atoms with van der Waals surface area (Å²) >= 11 is 0. The normalized spacial score (nSPS) is 11.8. The van der Waals surface area contributed by atoms with Crippen LogP contribution in [0.4, 0.5) is 11.4 Å². The number of primary amides is 1. The van der Waals surface area contributed by atoms with Crippen molar-refractivity contribution in [3.63, 3.8) is 0 Å². The second-order valence-electron chi connectivity index (χ2n) is 3.75. The molecule has 0 fully saturated rings. The Labute approximate surface area is 98.7 Å². The van der Waals surface area contributed by atoms with Gasteiger partial charge in [-0.3, -0.25) is 4.79 Å². The van der Waals surface area contributed by atoms with Crippen LogP contribution in [-0.2, 0) is 9.53 Å². The predicted octanol–water partition coefficient (Wildman–Crippen LogP) is 0.129. The van der Waals surface area contributed by atoms with Gasteiger partial charge in [-0.05, 0) is 18.2 Å². The summed E-state index contributed by atoms with van der Waals surface area (Å²) in [6, 6.07) is 4.49. The first kappa shape index (κ1) is 12.8. The summed E-state index contributed by atoms with van der Waals surface area (Å²) in [6.45, 7) is 1.50. The fourth-order valence-electron chi connectivity index (χ4n) is 1.13. The van der Waals surface area contributed by atoms with E-state index >= 15 is 0 Å². The number of hydrogen-bond acceptors (Lipinski definition) is 5. The largest absolute Gasteiger partial charge is 0.461 e. The fourth-order valence-corrected chi connectivity index (χ4v) is 1.13. The second-order valence-corrected chi connectivity index (χ2v) is 3.75. The van der Waals surface area contributed by atoms with Crippen LogP contribution in [0.25, 0.3) is 0 Å². The molecule has 1 rings (SSSR count). The number of anilines is 2. The lowest BCUT2D eigenvalue weighted by molar-refractivity contribution is -0.122. The van der Waals surface area contributed by atoms with Crippen molar-refractivity contribution in [2.24, 2.45) is 11.7 Å². The highest BCUT2D eigenvalue weighted by molar-refractivity contribution is 5.95. The molecule has 0 aromatic heterocycles. The minimum absolute atomic E-state index is 0.0714. The molecule has 6 N–H and O–H groups in total. The van der Waals surface area contributed by atoms with Gasteiger partial charge in [-0.25, -0.2) is 4.79 Å². The summed E-state index contributed by atoms with van der Waals surface area (Å²) in [5.74, 6) is -1.66. The number of nitrogen functional groups attached to an aromatic ring is 2. The third-order valence-corrected chi connectivity index (χ3v) is 2.25. The number of amides is 1. The Morgan fingerprint density at radius 3 is 2.53 bits per heavy atom. The Morgan fingerprint density at radius 2 is 2.00 bits per heavy atom. The molecule has 1 amide bonds. The highest BCUT2D eigenvalue weighted by Gasteiger charge is 2.15. The van der Waals surface area contributed by atoms with E-state index in [2.05, 4.69) is 0 Å². The van der Waals surface area contributed by atoms with Crippen molar-refractivity contribution in [1.29, 1.82) is 0 Å². The molecule has 6 nitrogen and oxygen atoms in total. The Balaban J connectivity index is 2.67. The van der Waals surface area contributed by atoms with Crippen LogP contribution in [0.15, 0.2) is 18.2 Å². The van der Waals surface area contributed by atoms with Crippen LogP contribution in [0.3, 0.4) is 0 Å². The lowest BCUT2D eigenvalue weighted by atomic mass is 10.1. The van der Waals surface area contributed by atoms with E-state index in [0.29, 0.717) is 5.69 Å². The Hall–Kier alpha value is -2.24. The fraction of sp³-hybridized carbons (Fsp3) is 0.273. The number of rotatable bonds is 4. The maximum Gasteiger partial charge on any atom is 0.340 e. The topological polar surface area (TPSA) is 121 Å². The van der Waals surface area contributed by atoms with E-state index in [1.807, 2.05) is 0 Å². The van der Waals surface area contributed by atoms with E-state index < -0.39 is 17.8 Å². The van der Waals surface area contributed by atoms with E-state index in [1.165, 1.54) is 12.1 Å². The molecule has 0 aliphatic carbocycles. The molecular weight excluding hydrogens is 222 g/mol. The van der Waals surface area contributed by atoms with Gasteiger partial charge in [0.1, 0.15) is 6.61 Å². The Morgan fingerprint density at radius 1 is 1.35 bits per heavy atom. The number of benzene rings is 1. The molecule has 1 aromatic rings. The van der Waals surface area contributed by atoms with E-state index in [1.54, 1.807) is 13.0 Å². The first-order chi connectivity index (χ1) is 7.91. The van der Waals surface area contributed by atoms with E-state index in [4.69, 9.17) is 21.9 Å². The van der Waals surface area contributed by atoms with Crippen molar-refractivity contribution in [3.8, 4) is 0 Å². The molecule has 1 unspecified atom stereocenters. The van der Waals surface area contributed by atoms with Gasteiger partial charge in [0.25, 0.3) is 0 Å². The average molecular weight is 237 g/mol. The molecule has 1 atom stereocenters. The molecule has 1 aromatic carbocycles. The van der Waals surface area contributed by atoms with Gasteiger partial charge in [-0.15, -0.1) is 0 Å². The van der Waals surface area contributed by atoms with Crippen molar-refractivity contribution in [1.82, 2.24) is 0 Å². The van der Waals surface area contributed by atoms with Gasteiger partial charge in [0.05, 0.1) is 11.5 Å². The van der Waals surface area contributed by atoms with Crippen molar-refractivity contribution in [3.05, 3.63) is 23.8 Å². The number of ether oxygens (including phenoxy) is 1. The van der Waals surface area contributed by atoms with E-state index in [9.17, 15) is 9.59 Å². The summed E-state index contributed by atoms with van der Waals surface area (Å²) in [7, 11) is 0. The maximum atomic E-state index is 11.6. The third kappa shape index (κ3) is 3.37. The van der Waals surface area contributed by atoms with Gasteiger partial charge in [0.2, 0.25) is 5.91 Å². The van der Waals surface area contributed by atoms with E-state index in [-0.39, 0.29) is 17.9 Å². The molecule has 17 heavy (non-hydrogen) atoms. The van der Waals surface area contributed by atoms with Crippen molar-refractivity contribution < 1.29 is 14.3 Å². The van der Waals surface area contributed by atoms with Crippen LogP contribution in [0.2, 0.25) is 0 Å². The van der Waals surface area contributed by atoms with Crippen molar-refractivity contribution in [2.75, 3.05) is 18.1 Å². The minimum Gasteiger partial charge on any atom is -0.461 e. The number of esters is 1. The Kier molecular flexibility index (Phi) is 3.92. The highest BCUT2D eigenvalue weighted by atomic mass is 16.5. The Bertz CT molecular complexity index is 446. The lowest BCUT2D eigenvalue weighted by Crippen LogP contribution is -2.26. The zero-order valence-electron chi connectivity index (χ0n) is 9.47.